The van der Waals surface area contributed by atoms with E-state index in [0.717, 1.165) is 0 Å². The van der Waals surface area contributed by atoms with Crippen LogP contribution in [0, 0.1) is 16.0 Å². The van der Waals surface area contributed by atoms with Gasteiger partial charge in [0.05, 0.1) is 0 Å². The molecule has 2 atom stereocenters. The fraction of sp³-hybridized carbons (Fsp3) is 0.750. The molecule has 0 aromatic carbocycles. The molecule has 0 aliphatic rings. The maximum atomic E-state index is 12.1. The topological polar surface area (TPSA) is 186 Å². The molecule has 0 aromatic rings. The van der Waals surface area contributed by atoms with Crippen LogP contribution in [0.3, 0.4) is 0 Å². The standard InChI is InChI=1S/C12H24N6O5/c1-7(2)6-9(11(20)21)16-10(19)8(17-18(22)23)4-3-5-15-12(13)14/h7-9,17H,3-6H2,1-2H3,(H,16,19)(H,20,21)(H4,13,14,15)/t8-,9-/m0/s1. The lowest BCUT2D eigenvalue weighted by molar-refractivity contribution is -0.548. The quantitative estimate of drug-likeness (QED) is 0.103. The number of nitrogens with two attached hydrogens (primary N) is 2. The second-order valence-electron chi connectivity index (χ2n) is 5.42. The molecule has 0 unspecified atom stereocenters. The molecule has 0 rings (SSSR count). The van der Waals surface area contributed by atoms with Crippen molar-refractivity contribution in [3.8, 4) is 0 Å². The summed E-state index contributed by atoms with van der Waals surface area (Å²) in [4.78, 5) is 37.5. The Labute approximate surface area is 133 Å². The number of nitrogens with one attached hydrogen (secondary N) is 2. The summed E-state index contributed by atoms with van der Waals surface area (Å²) in [6, 6.07) is -2.27. The molecule has 1 amide bonds. The molecule has 132 valence electrons. The van der Waals surface area contributed by atoms with E-state index in [1.807, 2.05) is 19.3 Å². The van der Waals surface area contributed by atoms with Gasteiger partial charge < -0.3 is 21.9 Å². The molecule has 0 aromatic heterocycles. The van der Waals surface area contributed by atoms with Crippen LogP contribution < -0.4 is 22.2 Å². The van der Waals surface area contributed by atoms with E-state index >= 15 is 0 Å². The highest BCUT2D eigenvalue weighted by Crippen LogP contribution is 2.06. The predicted molar refractivity (Wildman–Crippen MR) is 82.9 cm³/mol. The van der Waals surface area contributed by atoms with Crippen LogP contribution >= 0.6 is 0 Å². The van der Waals surface area contributed by atoms with E-state index in [9.17, 15) is 19.7 Å². The first-order valence-corrected chi connectivity index (χ1v) is 7.12. The smallest absolute Gasteiger partial charge is 0.326 e. The van der Waals surface area contributed by atoms with Gasteiger partial charge in [-0.2, -0.15) is 0 Å². The second kappa shape index (κ2) is 10.2. The lowest BCUT2D eigenvalue weighted by Gasteiger charge is -2.19. The number of hydrazine groups is 1. The van der Waals surface area contributed by atoms with Crippen LogP contribution in [0.5, 0.6) is 0 Å². The minimum atomic E-state index is -1.19. The van der Waals surface area contributed by atoms with E-state index in [0.29, 0.717) is 6.42 Å². The zero-order chi connectivity index (χ0) is 18.0. The Morgan fingerprint density at radius 1 is 1.30 bits per heavy atom. The third-order valence-electron chi connectivity index (χ3n) is 2.84. The van der Waals surface area contributed by atoms with Gasteiger partial charge in [0.1, 0.15) is 6.04 Å². The highest BCUT2D eigenvalue weighted by Gasteiger charge is 2.28. The molecule has 0 heterocycles. The molecule has 0 saturated heterocycles. The number of rotatable bonds is 11. The second-order valence-corrected chi connectivity index (χ2v) is 5.42. The molecule has 23 heavy (non-hydrogen) atoms. The lowest BCUT2D eigenvalue weighted by atomic mass is 10.0. The molecular formula is C12H24N6O5. The molecule has 11 nitrogen and oxygen atoms in total. The summed E-state index contributed by atoms with van der Waals surface area (Å²) in [5.74, 6) is -2.01. The number of hydrogen-bond acceptors (Lipinski definition) is 5. The van der Waals surface area contributed by atoms with E-state index in [1.165, 1.54) is 0 Å². The first-order valence-electron chi connectivity index (χ1n) is 7.12. The number of aliphatic imine (C=N–C) groups is 1. The Morgan fingerprint density at radius 2 is 1.91 bits per heavy atom. The average molecular weight is 332 g/mol. The Morgan fingerprint density at radius 3 is 2.35 bits per heavy atom. The maximum absolute atomic E-state index is 12.1. The van der Waals surface area contributed by atoms with Crippen molar-refractivity contribution in [3.63, 3.8) is 0 Å². The van der Waals surface area contributed by atoms with Gasteiger partial charge in [0, 0.05) is 6.54 Å². The molecule has 0 saturated carbocycles. The predicted octanol–water partition coefficient (Wildman–Crippen LogP) is -1.19. The molecule has 0 bridgehead atoms. The molecule has 7 N–H and O–H groups in total. The minimum absolute atomic E-state index is 0.0418. The average Bonchev–Trinajstić information content (AvgIpc) is 2.39. The summed E-state index contributed by atoms with van der Waals surface area (Å²) >= 11 is 0. The number of nitrogens with zero attached hydrogens (tertiary/aromatic N) is 2. The van der Waals surface area contributed by atoms with Crippen molar-refractivity contribution >= 4 is 17.8 Å². The van der Waals surface area contributed by atoms with Gasteiger partial charge in [0.2, 0.25) is 5.91 Å². The highest BCUT2D eigenvalue weighted by molar-refractivity contribution is 5.86. The Hall–Kier alpha value is -2.59. The number of nitro groups is 1. The van der Waals surface area contributed by atoms with Gasteiger partial charge in [-0.25, -0.2) is 14.9 Å². The van der Waals surface area contributed by atoms with E-state index in [-0.39, 0.29) is 31.3 Å². The van der Waals surface area contributed by atoms with Gasteiger partial charge >= 0.3 is 5.97 Å². The Balaban J connectivity index is 4.73. The SMILES string of the molecule is CC(C)C[C@H](NC(=O)[C@H](CCCN=C(N)N)N[N+](=O)[O-])C(=O)O. The zero-order valence-corrected chi connectivity index (χ0v) is 13.2. The Bertz CT molecular complexity index is 449. The molecule has 0 aliphatic heterocycles. The number of hydrogen-bond donors (Lipinski definition) is 5. The van der Waals surface area contributed by atoms with Gasteiger partial charge in [-0.15, -0.1) is 5.43 Å². The van der Waals surface area contributed by atoms with Crippen molar-refractivity contribution in [2.24, 2.45) is 22.4 Å². The first kappa shape index (κ1) is 20.4. The van der Waals surface area contributed by atoms with E-state index in [2.05, 4.69) is 10.3 Å². The molecular weight excluding hydrogens is 308 g/mol. The van der Waals surface area contributed by atoms with Crippen LogP contribution in [0.2, 0.25) is 0 Å². The van der Waals surface area contributed by atoms with E-state index in [4.69, 9.17) is 16.6 Å². The summed E-state index contributed by atoms with van der Waals surface area (Å²) in [5.41, 5.74) is 12.2. The molecule has 0 aliphatic carbocycles. The summed E-state index contributed by atoms with van der Waals surface area (Å²) in [6.45, 7) is 3.83. The number of carbonyl (C=O) groups is 2. The van der Waals surface area contributed by atoms with Crippen molar-refractivity contribution in [1.82, 2.24) is 10.7 Å². The van der Waals surface area contributed by atoms with Crippen LogP contribution in [0.4, 0.5) is 0 Å². The third kappa shape index (κ3) is 9.87. The van der Waals surface area contributed by atoms with Crippen LogP contribution in [0.1, 0.15) is 33.1 Å². The number of carboxylic acid groups (broad SMARTS) is 1. The summed E-state index contributed by atoms with van der Waals surface area (Å²) in [7, 11) is 0. The summed E-state index contributed by atoms with van der Waals surface area (Å²) < 4.78 is 0. The van der Waals surface area contributed by atoms with Crippen LogP contribution in [-0.4, -0.2) is 46.6 Å². The third-order valence-corrected chi connectivity index (χ3v) is 2.84. The van der Waals surface area contributed by atoms with Crippen LogP contribution in [-0.2, 0) is 9.59 Å². The normalized spacial score (nSPS) is 13.0. The van der Waals surface area contributed by atoms with Gasteiger partial charge in [-0.1, -0.05) is 13.8 Å². The fourth-order valence-electron chi connectivity index (χ4n) is 1.85. The molecule has 11 heteroatoms. The lowest BCUT2D eigenvalue weighted by Crippen LogP contribution is -2.51. The van der Waals surface area contributed by atoms with Gasteiger partial charge in [0.25, 0.3) is 0 Å². The summed E-state index contributed by atoms with van der Waals surface area (Å²) in [6.07, 6.45) is 0.622. The molecule has 0 radical (unpaired) electrons. The Kier molecular flexibility index (Phi) is 9.04. The van der Waals surface area contributed by atoms with Crippen molar-refractivity contribution in [2.75, 3.05) is 6.54 Å². The van der Waals surface area contributed by atoms with Crippen LogP contribution in [0.25, 0.3) is 0 Å². The zero-order valence-electron chi connectivity index (χ0n) is 13.2. The van der Waals surface area contributed by atoms with Crippen molar-refractivity contribution in [3.05, 3.63) is 10.1 Å². The number of carbonyl (C=O) groups excluding carboxylic acids is 1. The minimum Gasteiger partial charge on any atom is -0.480 e. The maximum Gasteiger partial charge on any atom is 0.326 e. The van der Waals surface area contributed by atoms with Crippen molar-refractivity contribution in [1.29, 1.82) is 0 Å². The molecule has 0 fully saturated rings. The monoisotopic (exact) mass is 332 g/mol. The van der Waals surface area contributed by atoms with E-state index in [1.54, 1.807) is 0 Å². The highest BCUT2D eigenvalue weighted by atomic mass is 16.7. The number of aliphatic carboxylic acids is 1. The van der Waals surface area contributed by atoms with Crippen molar-refractivity contribution in [2.45, 2.75) is 45.2 Å². The number of amides is 1. The number of guanidine groups is 1. The largest absolute Gasteiger partial charge is 0.480 e. The van der Waals surface area contributed by atoms with Crippen LogP contribution in [0.15, 0.2) is 4.99 Å². The van der Waals surface area contributed by atoms with Gasteiger partial charge in [-0.05, 0) is 25.2 Å². The fourth-order valence-corrected chi connectivity index (χ4v) is 1.85. The first-order chi connectivity index (χ1) is 10.6. The van der Waals surface area contributed by atoms with Gasteiger partial charge in [0.15, 0.2) is 17.0 Å². The van der Waals surface area contributed by atoms with Gasteiger partial charge in [-0.3, -0.25) is 9.79 Å². The summed E-state index contributed by atoms with van der Waals surface area (Å²) in [5, 5.41) is 21.1. The number of carboxylic acids is 1. The van der Waals surface area contributed by atoms with E-state index < -0.39 is 29.0 Å². The molecule has 0 spiro atoms. The van der Waals surface area contributed by atoms with Crippen molar-refractivity contribution < 1.29 is 19.7 Å².